The SMILES string of the molecule is CN(CCCNC/C=C/CNCCCNC1CC1)C1CC1.Cl.Cl.Cl.Cl. The first-order chi connectivity index (χ1) is 10.4. The molecule has 0 aliphatic heterocycles. The van der Waals surface area contributed by atoms with E-state index < -0.39 is 0 Å². The fourth-order valence-corrected chi connectivity index (χ4v) is 2.50. The summed E-state index contributed by atoms with van der Waals surface area (Å²) in [6.45, 7) is 6.64. The first-order valence-corrected chi connectivity index (χ1v) is 8.86. The molecule has 0 bridgehead atoms. The van der Waals surface area contributed by atoms with Crippen molar-refractivity contribution in [3.05, 3.63) is 12.2 Å². The van der Waals surface area contributed by atoms with Crippen molar-refractivity contribution in [1.29, 1.82) is 0 Å². The molecule has 0 radical (unpaired) electrons. The summed E-state index contributed by atoms with van der Waals surface area (Å²) in [5, 5.41) is 10.5. The average molecular weight is 440 g/mol. The number of nitrogens with one attached hydrogen (secondary N) is 3. The molecule has 154 valence electrons. The lowest BCUT2D eigenvalue weighted by Crippen LogP contribution is -2.26. The molecular formula is C17H38Cl4N4. The Hall–Kier alpha value is 0.740. The number of nitrogens with zero attached hydrogens (tertiary/aromatic N) is 1. The zero-order valence-electron chi connectivity index (χ0n) is 15.4. The zero-order chi connectivity index (χ0) is 14.8. The lowest BCUT2D eigenvalue weighted by atomic mass is 10.3. The summed E-state index contributed by atoms with van der Waals surface area (Å²) in [6.07, 6.45) is 12.6. The Morgan fingerprint density at radius 1 is 0.800 bits per heavy atom. The van der Waals surface area contributed by atoms with E-state index in [1.807, 2.05) is 0 Å². The third-order valence-corrected chi connectivity index (χ3v) is 4.27. The summed E-state index contributed by atoms with van der Waals surface area (Å²) in [4.78, 5) is 2.50. The highest BCUT2D eigenvalue weighted by atomic mass is 35.5. The Labute approximate surface area is 179 Å². The molecule has 0 heterocycles. The monoisotopic (exact) mass is 438 g/mol. The molecule has 0 spiro atoms. The van der Waals surface area contributed by atoms with Gasteiger partial charge in [-0.15, -0.1) is 49.6 Å². The van der Waals surface area contributed by atoms with Gasteiger partial charge in [0.25, 0.3) is 0 Å². The molecule has 0 unspecified atom stereocenters. The minimum atomic E-state index is 0. The van der Waals surface area contributed by atoms with Gasteiger partial charge in [0.2, 0.25) is 0 Å². The quantitative estimate of drug-likeness (QED) is 0.287. The molecule has 0 aromatic heterocycles. The van der Waals surface area contributed by atoms with E-state index in [-0.39, 0.29) is 49.6 Å². The molecule has 25 heavy (non-hydrogen) atoms. The van der Waals surface area contributed by atoms with Crippen LogP contribution in [0.1, 0.15) is 38.5 Å². The molecule has 2 saturated carbocycles. The van der Waals surface area contributed by atoms with Crippen LogP contribution in [0.3, 0.4) is 0 Å². The van der Waals surface area contributed by atoms with Crippen molar-refractivity contribution in [2.24, 2.45) is 0 Å². The van der Waals surface area contributed by atoms with Crippen molar-refractivity contribution in [3.8, 4) is 0 Å². The fourth-order valence-electron chi connectivity index (χ4n) is 2.50. The van der Waals surface area contributed by atoms with Crippen LogP contribution in [-0.4, -0.2) is 63.3 Å². The summed E-state index contributed by atoms with van der Waals surface area (Å²) in [6, 6.07) is 1.75. The van der Waals surface area contributed by atoms with Gasteiger partial charge in [0.15, 0.2) is 0 Å². The summed E-state index contributed by atoms with van der Waals surface area (Å²) in [5.74, 6) is 0. The zero-order valence-corrected chi connectivity index (χ0v) is 18.6. The molecule has 0 atom stereocenters. The van der Waals surface area contributed by atoms with Gasteiger partial charge < -0.3 is 20.9 Å². The second kappa shape index (κ2) is 19.5. The number of rotatable bonds is 14. The van der Waals surface area contributed by atoms with E-state index in [0.29, 0.717) is 0 Å². The second-order valence-electron chi connectivity index (χ2n) is 6.53. The van der Waals surface area contributed by atoms with Gasteiger partial charge in [-0.2, -0.15) is 0 Å². The minimum Gasteiger partial charge on any atom is -0.314 e. The molecule has 2 fully saturated rings. The van der Waals surface area contributed by atoms with E-state index in [4.69, 9.17) is 0 Å². The van der Waals surface area contributed by atoms with Crippen LogP contribution in [0, 0.1) is 0 Å². The van der Waals surface area contributed by atoms with E-state index >= 15 is 0 Å². The van der Waals surface area contributed by atoms with Crippen LogP contribution in [0.25, 0.3) is 0 Å². The standard InChI is InChI=1S/C17H34N4.4ClH/c1-21(17-8-9-17)15-5-13-19-11-3-2-10-18-12-4-14-20-16-6-7-16;;;;/h2-3,16-20H,4-15H2,1H3;4*1H/b3-2+;;;;. The molecule has 0 aromatic carbocycles. The molecule has 8 heteroatoms. The van der Waals surface area contributed by atoms with Crippen LogP contribution in [0.5, 0.6) is 0 Å². The summed E-state index contributed by atoms with van der Waals surface area (Å²) in [7, 11) is 2.25. The first-order valence-electron chi connectivity index (χ1n) is 8.86. The van der Waals surface area contributed by atoms with Crippen LogP contribution < -0.4 is 16.0 Å². The van der Waals surface area contributed by atoms with Crippen molar-refractivity contribution in [1.82, 2.24) is 20.9 Å². The third kappa shape index (κ3) is 17.9. The van der Waals surface area contributed by atoms with Crippen LogP contribution in [-0.2, 0) is 0 Å². The topological polar surface area (TPSA) is 39.3 Å². The van der Waals surface area contributed by atoms with Crippen LogP contribution >= 0.6 is 49.6 Å². The lowest BCUT2D eigenvalue weighted by molar-refractivity contribution is 0.318. The van der Waals surface area contributed by atoms with Gasteiger partial charge in [0.1, 0.15) is 0 Å². The van der Waals surface area contributed by atoms with E-state index in [2.05, 4.69) is 40.0 Å². The highest BCUT2D eigenvalue weighted by molar-refractivity contribution is 5.86. The van der Waals surface area contributed by atoms with Gasteiger partial charge in [-0.1, -0.05) is 12.2 Å². The Kier molecular flexibility index (Phi) is 23.8. The van der Waals surface area contributed by atoms with Crippen LogP contribution in [0.4, 0.5) is 0 Å². The molecule has 0 aromatic rings. The molecule has 2 aliphatic carbocycles. The van der Waals surface area contributed by atoms with Crippen molar-refractivity contribution >= 4 is 49.6 Å². The number of hydrogen-bond donors (Lipinski definition) is 3. The average Bonchev–Trinajstić information content (AvgIpc) is 3.37. The van der Waals surface area contributed by atoms with Crippen LogP contribution in [0.15, 0.2) is 12.2 Å². The molecule has 2 aliphatic rings. The molecule has 4 nitrogen and oxygen atoms in total. The second-order valence-corrected chi connectivity index (χ2v) is 6.53. The van der Waals surface area contributed by atoms with Crippen molar-refractivity contribution < 1.29 is 0 Å². The minimum absolute atomic E-state index is 0. The fraction of sp³-hybridized carbons (Fsp3) is 0.882. The number of hydrogen-bond acceptors (Lipinski definition) is 4. The van der Waals surface area contributed by atoms with Crippen LogP contribution in [0.2, 0.25) is 0 Å². The van der Waals surface area contributed by atoms with E-state index in [1.54, 1.807) is 0 Å². The van der Waals surface area contributed by atoms with E-state index in [9.17, 15) is 0 Å². The molecule has 0 amide bonds. The predicted octanol–water partition coefficient (Wildman–Crippen LogP) is 3.04. The number of halogens is 4. The van der Waals surface area contributed by atoms with E-state index in [1.165, 1.54) is 45.1 Å². The van der Waals surface area contributed by atoms with Gasteiger partial charge in [-0.05, 0) is 71.8 Å². The Morgan fingerprint density at radius 2 is 1.36 bits per heavy atom. The third-order valence-electron chi connectivity index (χ3n) is 4.27. The van der Waals surface area contributed by atoms with Crippen molar-refractivity contribution in [2.75, 3.05) is 46.3 Å². The molecule has 0 saturated heterocycles. The van der Waals surface area contributed by atoms with Crippen molar-refractivity contribution in [2.45, 2.75) is 50.6 Å². The maximum atomic E-state index is 3.53. The molecular weight excluding hydrogens is 402 g/mol. The Morgan fingerprint density at radius 3 is 1.88 bits per heavy atom. The smallest absolute Gasteiger partial charge is 0.0135 e. The van der Waals surface area contributed by atoms with Gasteiger partial charge in [-0.25, -0.2) is 0 Å². The largest absolute Gasteiger partial charge is 0.314 e. The molecule has 3 N–H and O–H groups in total. The van der Waals surface area contributed by atoms with Crippen molar-refractivity contribution in [3.63, 3.8) is 0 Å². The summed E-state index contributed by atoms with van der Waals surface area (Å²) >= 11 is 0. The first kappa shape index (κ1) is 30.5. The van der Waals surface area contributed by atoms with Gasteiger partial charge in [0.05, 0.1) is 0 Å². The summed E-state index contributed by atoms with van der Waals surface area (Å²) in [5.41, 5.74) is 0. The van der Waals surface area contributed by atoms with Gasteiger partial charge in [0, 0.05) is 25.2 Å². The maximum absolute atomic E-state index is 3.53. The highest BCUT2D eigenvalue weighted by Gasteiger charge is 2.25. The highest BCUT2D eigenvalue weighted by Crippen LogP contribution is 2.24. The maximum Gasteiger partial charge on any atom is 0.0135 e. The predicted molar refractivity (Wildman–Crippen MR) is 120 cm³/mol. The summed E-state index contributed by atoms with van der Waals surface area (Å²) < 4.78 is 0. The van der Waals surface area contributed by atoms with E-state index in [0.717, 1.165) is 44.8 Å². The van der Waals surface area contributed by atoms with Gasteiger partial charge >= 0.3 is 0 Å². The molecule has 2 rings (SSSR count). The Balaban J connectivity index is -0.00000121. The normalized spacial score (nSPS) is 15.9. The lowest BCUT2D eigenvalue weighted by Gasteiger charge is -2.14. The Bertz CT molecular complexity index is 300. The van der Waals surface area contributed by atoms with Gasteiger partial charge in [-0.3, -0.25) is 0 Å².